The molecule has 0 unspecified atom stereocenters. The third-order valence-corrected chi connectivity index (χ3v) is 2.88. The number of aromatic hydroxyl groups is 1. The van der Waals surface area contributed by atoms with Crippen molar-refractivity contribution >= 4 is 27.5 Å². The Kier molecular flexibility index (Phi) is 3.62. The summed E-state index contributed by atoms with van der Waals surface area (Å²) in [6, 6.07) is 6.77. The zero-order valence-electron chi connectivity index (χ0n) is 9.64. The van der Waals surface area contributed by atoms with Crippen molar-refractivity contribution in [2.24, 2.45) is 0 Å². The average Bonchev–Trinajstić information content (AvgIpc) is 2.32. The quantitative estimate of drug-likeness (QED) is 0.896. The van der Waals surface area contributed by atoms with Crippen molar-refractivity contribution in [1.82, 2.24) is 4.98 Å². The van der Waals surface area contributed by atoms with Crippen LogP contribution in [0.15, 0.2) is 41.1 Å². The number of hydrogen-bond donors (Lipinski definition) is 2. The van der Waals surface area contributed by atoms with E-state index < -0.39 is 0 Å². The number of pyridine rings is 1. The van der Waals surface area contributed by atoms with Crippen LogP contribution in [-0.4, -0.2) is 16.0 Å². The molecule has 1 aromatic heterocycles. The molecule has 5 heteroatoms. The Morgan fingerprint density at radius 3 is 2.89 bits per heavy atom. The maximum atomic E-state index is 12.0. The summed E-state index contributed by atoms with van der Waals surface area (Å²) >= 11 is 3.27. The predicted octanol–water partition coefficient (Wildman–Crippen LogP) is 3.11. The highest BCUT2D eigenvalue weighted by atomic mass is 79.9. The monoisotopic (exact) mass is 306 g/mol. The van der Waals surface area contributed by atoms with Gasteiger partial charge in [0.1, 0.15) is 5.75 Å². The molecule has 0 fully saturated rings. The van der Waals surface area contributed by atoms with Gasteiger partial charge in [0.15, 0.2) is 0 Å². The summed E-state index contributed by atoms with van der Waals surface area (Å²) in [5, 5.41) is 12.5. The number of rotatable bonds is 2. The van der Waals surface area contributed by atoms with Gasteiger partial charge in [-0.15, -0.1) is 0 Å². The highest BCUT2D eigenvalue weighted by molar-refractivity contribution is 9.10. The van der Waals surface area contributed by atoms with E-state index in [0.29, 0.717) is 11.3 Å². The van der Waals surface area contributed by atoms with Gasteiger partial charge in [-0.3, -0.25) is 9.78 Å². The number of nitrogens with one attached hydrogen (secondary N) is 1. The van der Waals surface area contributed by atoms with Gasteiger partial charge >= 0.3 is 0 Å². The molecule has 0 saturated carbocycles. The van der Waals surface area contributed by atoms with Crippen molar-refractivity contribution in [3.63, 3.8) is 0 Å². The third-order valence-electron chi connectivity index (χ3n) is 2.45. The highest BCUT2D eigenvalue weighted by Crippen LogP contribution is 2.23. The molecule has 0 aliphatic rings. The van der Waals surface area contributed by atoms with E-state index in [2.05, 4.69) is 26.2 Å². The maximum absolute atomic E-state index is 12.0. The zero-order chi connectivity index (χ0) is 13.1. The molecule has 0 aliphatic carbocycles. The highest BCUT2D eigenvalue weighted by Gasteiger charge is 2.12. The lowest BCUT2D eigenvalue weighted by atomic mass is 10.1. The number of hydrogen-bond acceptors (Lipinski definition) is 3. The van der Waals surface area contributed by atoms with Gasteiger partial charge in [-0.2, -0.15) is 0 Å². The lowest BCUT2D eigenvalue weighted by Crippen LogP contribution is -2.12. The number of phenolic OH excluding ortho intramolecular Hbond substituents is 1. The van der Waals surface area contributed by atoms with Crippen molar-refractivity contribution in [2.75, 3.05) is 5.32 Å². The van der Waals surface area contributed by atoms with Gasteiger partial charge in [-0.05, 0) is 40.5 Å². The number of para-hydroxylation sites is 1. The second-order valence-electron chi connectivity index (χ2n) is 3.82. The standard InChI is InChI=1S/C13H11BrN2O2/c1-8-3-2-4-11(12(8)17)13(18)16-10-5-9(14)6-15-7-10/h2-7,17H,1H3,(H,16,18). The fraction of sp³-hybridized carbons (Fsp3) is 0.0769. The summed E-state index contributed by atoms with van der Waals surface area (Å²) in [5.74, 6) is -0.367. The first-order valence-electron chi connectivity index (χ1n) is 5.28. The second-order valence-corrected chi connectivity index (χ2v) is 4.73. The van der Waals surface area contributed by atoms with E-state index in [0.717, 1.165) is 4.47 Å². The molecule has 1 amide bonds. The van der Waals surface area contributed by atoms with E-state index in [4.69, 9.17) is 0 Å². The Labute approximate surface area is 113 Å². The number of halogens is 1. The number of phenols is 1. The summed E-state index contributed by atoms with van der Waals surface area (Å²) in [5.41, 5.74) is 1.47. The summed E-state index contributed by atoms with van der Waals surface area (Å²) in [4.78, 5) is 15.9. The SMILES string of the molecule is Cc1cccc(C(=O)Nc2cncc(Br)c2)c1O. The number of anilines is 1. The average molecular weight is 307 g/mol. The molecule has 0 aliphatic heterocycles. The molecular weight excluding hydrogens is 296 g/mol. The van der Waals surface area contributed by atoms with Crippen molar-refractivity contribution in [2.45, 2.75) is 6.92 Å². The first-order valence-corrected chi connectivity index (χ1v) is 6.07. The fourth-order valence-corrected chi connectivity index (χ4v) is 1.89. The lowest BCUT2D eigenvalue weighted by Gasteiger charge is -2.08. The van der Waals surface area contributed by atoms with E-state index in [1.165, 1.54) is 6.20 Å². The Morgan fingerprint density at radius 1 is 1.39 bits per heavy atom. The minimum Gasteiger partial charge on any atom is -0.507 e. The fourth-order valence-electron chi connectivity index (χ4n) is 1.52. The topological polar surface area (TPSA) is 62.2 Å². The lowest BCUT2D eigenvalue weighted by molar-refractivity contribution is 0.102. The molecule has 0 bridgehead atoms. The number of amides is 1. The van der Waals surface area contributed by atoms with E-state index in [9.17, 15) is 9.90 Å². The molecule has 0 saturated heterocycles. The van der Waals surface area contributed by atoms with Crippen LogP contribution < -0.4 is 5.32 Å². The molecule has 0 spiro atoms. The van der Waals surface area contributed by atoms with E-state index >= 15 is 0 Å². The summed E-state index contributed by atoms with van der Waals surface area (Å²) in [6.07, 6.45) is 3.16. The largest absolute Gasteiger partial charge is 0.507 e. The molecule has 2 N–H and O–H groups in total. The molecule has 4 nitrogen and oxygen atoms in total. The Morgan fingerprint density at radius 2 is 2.17 bits per heavy atom. The number of aryl methyl sites for hydroxylation is 1. The summed E-state index contributed by atoms with van der Waals surface area (Å²) in [7, 11) is 0. The number of nitrogens with zero attached hydrogens (tertiary/aromatic N) is 1. The molecule has 2 aromatic rings. The molecule has 18 heavy (non-hydrogen) atoms. The Balaban J connectivity index is 2.25. The van der Waals surface area contributed by atoms with Crippen LogP contribution in [0.3, 0.4) is 0 Å². The minimum atomic E-state index is -0.365. The predicted molar refractivity (Wildman–Crippen MR) is 72.7 cm³/mol. The van der Waals surface area contributed by atoms with Gasteiger partial charge in [0.05, 0.1) is 17.4 Å². The summed E-state index contributed by atoms with van der Waals surface area (Å²) in [6.45, 7) is 1.74. The minimum absolute atomic E-state index is 0.00189. The molecule has 1 aromatic carbocycles. The summed E-state index contributed by atoms with van der Waals surface area (Å²) < 4.78 is 0.772. The number of aromatic nitrogens is 1. The van der Waals surface area contributed by atoms with Gasteiger partial charge in [-0.25, -0.2) is 0 Å². The van der Waals surface area contributed by atoms with Crippen LogP contribution in [-0.2, 0) is 0 Å². The Bertz CT molecular complexity index is 599. The number of benzene rings is 1. The normalized spacial score (nSPS) is 10.1. The van der Waals surface area contributed by atoms with E-state index in [1.54, 1.807) is 37.4 Å². The van der Waals surface area contributed by atoms with Crippen molar-refractivity contribution in [3.8, 4) is 5.75 Å². The molecule has 0 radical (unpaired) electrons. The van der Waals surface area contributed by atoms with Crippen molar-refractivity contribution in [3.05, 3.63) is 52.3 Å². The van der Waals surface area contributed by atoms with Crippen molar-refractivity contribution < 1.29 is 9.90 Å². The van der Waals surface area contributed by atoms with E-state index in [-0.39, 0.29) is 17.2 Å². The molecular formula is C13H11BrN2O2. The van der Waals surface area contributed by atoms with Crippen LogP contribution >= 0.6 is 15.9 Å². The smallest absolute Gasteiger partial charge is 0.259 e. The van der Waals surface area contributed by atoms with E-state index in [1.807, 2.05) is 0 Å². The first kappa shape index (κ1) is 12.6. The van der Waals surface area contributed by atoms with Gasteiger partial charge in [0.2, 0.25) is 0 Å². The van der Waals surface area contributed by atoms with Gasteiger partial charge < -0.3 is 10.4 Å². The molecule has 92 valence electrons. The van der Waals surface area contributed by atoms with Crippen LogP contribution in [0, 0.1) is 6.92 Å². The molecule has 0 atom stereocenters. The van der Waals surface area contributed by atoms with Crippen molar-refractivity contribution in [1.29, 1.82) is 0 Å². The number of carbonyl (C=O) groups excluding carboxylic acids is 1. The van der Waals surface area contributed by atoms with Crippen LogP contribution in [0.1, 0.15) is 15.9 Å². The van der Waals surface area contributed by atoms with Gasteiger partial charge in [-0.1, -0.05) is 12.1 Å². The van der Waals surface area contributed by atoms with Crippen LogP contribution in [0.4, 0.5) is 5.69 Å². The zero-order valence-corrected chi connectivity index (χ0v) is 11.2. The second kappa shape index (κ2) is 5.18. The third kappa shape index (κ3) is 2.68. The maximum Gasteiger partial charge on any atom is 0.259 e. The van der Waals surface area contributed by atoms with Crippen LogP contribution in [0.2, 0.25) is 0 Å². The number of carbonyl (C=O) groups is 1. The first-order chi connectivity index (χ1) is 8.58. The van der Waals surface area contributed by atoms with Crippen LogP contribution in [0.5, 0.6) is 5.75 Å². The molecule has 2 rings (SSSR count). The van der Waals surface area contributed by atoms with Gasteiger partial charge in [0.25, 0.3) is 5.91 Å². The Hall–Kier alpha value is -1.88. The van der Waals surface area contributed by atoms with Gasteiger partial charge in [0, 0.05) is 10.7 Å². The molecule has 1 heterocycles. The van der Waals surface area contributed by atoms with Crippen LogP contribution in [0.25, 0.3) is 0 Å².